The number of carbonyl (C=O) groups excluding carboxylic acids is 1. The lowest BCUT2D eigenvalue weighted by atomic mass is 9.70. The first kappa shape index (κ1) is 22.4. The molecule has 2 aliphatic rings. The number of nitrogens with zero attached hydrogens (tertiary/aromatic N) is 3. The van der Waals surface area contributed by atoms with Gasteiger partial charge in [0.1, 0.15) is 15.7 Å². The van der Waals surface area contributed by atoms with Gasteiger partial charge in [-0.1, -0.05) is 49.1 Å². The maximum absolute atomic E-state index is 13.9. The number of amides is 1. The lowest BCUT2D eigenvalue weighted by molar-refractivity contribution is -0.124. The molecule has 3 aromatic rings. The van der Waals surface area contributed by atoms with Gasteiger partial charge >= 0.3 is 0 Å². The third-order valence-corrected chi connectivity index (χ3v) is 8.32. The van der Waals surface area contributed by atoms with Crippen LogP contribution in [-0.2, 0) is 33.1 Å². The van der Waals surface area contributed by atoms with E-state index in [-0.39, 0.29) is 11.7 Å². The lowest BCUT2D eigenvalue weighted by Crippen LogP contribution is -2.41. The van der Waals surface area contributed by atoms with Crippen LogP contribution in [0.4, 0.5) is 5.69 Å². The highest BCUT2D eigenvalue weighted by molar-refractivity contribution is 7.90. The van der Waals surface area contributed by atoms with Crippen molar-refractivity contribution in [1.29, 1.82) is 0 Å². The summed E-state index contributed by atoms with van der Waals surface area (Å²) in [7, 11) is -3.06. The van der Waals surface area contributed by atoms with Crippen LogP contribution >= 0.6 is 11.6 Å². The predicted molar refractivity (Wildman–Crippen MR) is 131 cm³/mol. The number of anilines is 1. The van der Waals surface area contributed by atoms with Crippen LogP contribution in [0.15, 0.2) is 42.5 Å². The van der Waals surface area contributed by atoms with Gasteiger partial charge in [-0.15, -0.1) is 0 Å². The molecule has 2 heterocycles. The molecule has 0 radical (unpaired) electrons. The fraction of sp³-hybridized carbons (Fsp3) is 0.440. The molecule has 8 heteroatoms. The average molecular weight is 486 g/mol. The van der Waals surface area contributed by atoms with E-state index in [2.05, 4.69) is 6.07 Å². The quantitative estimate of drug-likeness (QED) is 0.499. The van der Waals surface area contributed by atoms with Crippen LogP contribution in [0.25, 0.3) is 11.0 Å². The van der Waals surface area contributed by atoms with Crippen LogP contribution in [0.1, 0.15) is 49.9 Å². The van der Waals surface area contributed by atoms with Gasteiger partial charge in [0.25, 0.3) is 0 Å². The molecule has 1 fully saturated rings. The number of imidazole rings is 1. The van der Waals surface area contributed by atoms with Gasteiger partial charge in [-0.25, -0.2) is 13.4 Å². The second kappa shape index (κ2) is 8.44. The average Bonchev–Trinajstić information content (AvgIpc) is 3.22. The normalized spacial score (nSPS) is 17.8. The summed E-state index contributed by atoms with van der Waals surface area (Å²) in [4.78, 5) is 20.6. The molecule has 6 nitrogen and oxygen atoms in total. The van der Waals surface area contributed by atoms with Crippen molar-refractivity contribution in [2.24, 2.45) is 0 Å². The van der Waals surface area contributed by atoms with E-state index < -0.39 is 15.3 Å². The van der Waals surface area contributed by atoms with Crippen LogP contribution in [0.3, 0.4) is 0 Å². The molecule has 1 spiro atoms. The maximum atomic E-state index is 13.9. The second-order valence-corrected chi connectivity index (χ2v) is 12.0. The Morgan fingerprint density at radius 3 is 2.61 bits per heavy atom. The molecule has 0 saturated heterocycles. The molecule has 2 aromatic carbocycles. The summed E-state index contributed by atoms with van der Waals surface area (Å²) in [5.74, 6) is 1.02. The minimum Gasteiger partial charge on any atom is -0.326 e. The summed E-state index contributed by atoms with van der Waals surface area (Å²) in [5.41, 5.74) is 3.33. The smallest absolute Gasteiger partial charge is 0.238 e. The Balaban J connectivity index is 1.53. The Bertz CT molecular complexity index is 1330. The number of hydrogen-bond acceptors (Lipinski definition) is 4. The van der Waals surface area contributed by atoms with Crippen molar-refractivity contribution in [3.8, 4) is 0 Å². The number of aryl methyl sites for hydroxylation is 1. The van der Waals surface area contributed by atoms with Crippen molar-refractivity contribution in [1.82, 2.24) is 9.55 Å². The van der Waals surface area contributed by atoms with Crippen molar-refractivity contribution in [2.45, 2.75) is 57.0 Å². The van der Waals surface area contributed by atoms with Crippen LogP contribution in [-0.4, -0.2) is 35.9 Å². The van der Waals surface area contributed by atoms with E-state index in [9.17, 15) is 13.2 Å². The minimum atomic E-state index is -3.06. The summed E-state index contributed by atoms with van der Waals surface area (Å²) < 4.78 is 25.4. The first-order valence-electron chi connectivity index (χ1n) is 11.5. The zero-order chi connectivity index (χ0) is 23.2. The molecule has 33 heavy (non-hydrogen) atoms. The van der Waals surface area contributed by atoms with E-state index in [1.54, 1.807) is 0 Å². The van der Waals surface area contributed by atoms with Gasteiger partial charge in [0.05, 0.1) is 28.7 Å². The van der Waals surface area contributed by atoms with E-state index >= 15 is 0 Å². The number of fused-ring (bicyclic) bond motifs is 3. The van der Waals surface area contributed by atoms with E-state index in [4.69, 9.17) is 16.6 Å². The van der Waals surface area contributed by atoms with Crippen molar-refractivity contribution >= 4 is 44.1 Å². The fourth-order valence-electron chi connectivity index (χ4n) is 5.54. The Morgan fingerprint density at radius 1 is 1.09 bits per heavy atom. The zero-order valence-corrected chi connectivity index (χ0v) is 20.3. The third-order valence-electron chi connectivity index (χ3n) is 7.06. The lowest BCUT2D eigenvalue weighted by Gasteiger charge is -2.32. The Labute approximate surface area is 199 Å². The fourth-order valence-corrected chi connectivity index (χ4v) is 6.36. The SMILES string of the molecule is CS(=O)(=O)CCCn1c(CN2C(=O)C3(CCCCC3)c3ccccc32)nc2cc(Cl)ccc21. The Morgan fingerprint density at radius 2 is 1.85 bits per heavy atom. The highest BCUT2D eigenvalue weighted by Gasteiger charge is 2.50. The molecule has 0 unspecified atom stereocenters. The molecule has 1 amide bonds. The molecule has 1 saturated carbocycles. The van der Waals surface area contributed by atoms with E-state index in [0.29, 0.717) is 24.5 Å². The van der Waals surface area contributed by atoms with Crippen LogP contribution in [0, 0.1) is 0 Å². The summed E-state index contributed by atoms with van der Waals surface area (Å²) in [5, 5.41) is 0.596. The maximum Gasteiger partial charge on any atom is 0.238 e. The monoisotopic (exact) mass is 485 g/mol. The molecule has 1 aliphatic heterocycles. The molecule has 1 aliphatic carbocycles. The van der Waals surface area contributed by atoms with Crippen molar-refractivity contribution in [3.63, 3.8) is 0 Å². The van der Waals surface area contributed by atoms with Gasteiger partial charge in [0, 0.05) is 23.5 Å². The van der Waals surface area contributed by atoms with E-state index in [1.165, 1.54) is 12.7 Å². The minimum absolute atomic E-state index is 0.105. The van der Waals surface area contributed by atoms with Crippen LogP contribution < -0.4 is 4.90 Å². The number of para-hydroxylation sites is 1. The number of carbonyl (C=O) groups is 1. The molecule has 0 bridgehead atoms. The number of rotatable bonds is 6. The van der Waals surface area contributed by atoms with Gasteiger partial charge in [-0.05, 0) is 49.1 Å². The topological polar surface area (TPSA) is 72.3 Å². The van der Waals surface area contributed by atoms with E-state index in [1.807, 2.05) is 45.9 Å². The second-order valence-electron chi connectivity index (χ2n) is 9.35. The predicted octanol–water partition coefficient (Wildman–Crippen LogP) is 4.87. The van der Waals surface area contributed by atoms with Gasteiger partial charge in [0.15, 0.2) is 0 Å². The van der Waals surface area contributed by atoms with Crippen LogP contribution in [0.2, 0.25) is 5.02 Å². The summed E-state index contributed by atoms with van der Waals surface area (Å²) in [6, 6.07) is 13.7. The molecule has 1 aromatic heterocycles. The van der Waals surface area contributed by atoms with Gasteiger partial charge in [-0.3, -0.25) is 4.79 Å². The number of aromatic nitrogens is 2. The first-order chi connectivity index (χ1) is 15.8. The van der Waals surface area contributed by atoms with Crippen molar-refractivity contribution < 1.29 is 13.2 Å². The summed E-state index contributed by atoms with van der Waals surface area (Å²) in [6.45, 7) is 0.859. The highest BCUT2D eigenvalue weighted by Crippen LogP contribution is 2.50. The Hall–Kier alpha value is -2.38. The van der Waals surface area contributed by atoms with Crippen molar-refractivity contribution in [2.75, 3.05) is 16.9 Å². The Kier molecular flexibility index (Phi) is 5.73. The van der Waals surface area contributed by atoms with Gasteiger partial charge in [-0.2, -0.15) is 0 Å². The zero-order valence-electron chi connectivity index (χ0n) is 18.8. The first-order valence-corrected chi connectivity index (χ1v) is 14.0. The molecule has 174 valence electrons. The third kappa shape index (κ3) is 4.06. The van der Waals surface area contributed by atoms with Crippen LogP contribution in [0.5, 0.6) is 0 Å². The van der Waals surface area contributed by atoms with E-state index in [0.717, 1.165) is 53.8 Å². The molecule has 0 N–H and O–H groups in total. The van der Waals surface area contributed by atoms with Gasteiger partial charge < -0.3 is 9.47 Å². The largest absolute Gasteiger partial charge is 0.326 e. The summed E-state index contributed by atoms with van der Waals surface area (Å²) in [6.07, 6.45) is 6.82. The van der Waals surface area contributed by atoms with Crippen molar-refractivity contribution in [3.05, 3.63) is 58.9 Å². The molecular formula is C25H28ClN3O3S. The molecular weight excluding hydrogens is 458 g/mol. The highest BCUT2D eigenvalue weighted by atomic mass is 35.5. The number of halogens is 1. The molecule has 0 atom stereocenters. The standard InChI is InChI=1S/C25H28ClN3O3S/c1-33(31,32)15-7-14-28-22-11-10-18(26)16-20(22)27-23(28)17-29-21-9-4-3-8-19(21)25(24(29)30)12-5-2-6-13-25/h3-4,8-11,16H,2,5-7,12-15,17H2,1H3. The molecule has 5 rings (SSSR count). The number of benzene rings is 2. The number of hydrogen-bond donors (Lipinski definition) is 0. The van der Waals surface area contributed by atoms with Gasteiger partial charge in [0.2, 0.25) is 5.91 Å². The number of sulfone groups is 1. The summed E-state index contributed by atoms with van der Waals surface area (Å²) >= 11 is 6.21.